The van der Waals surface area contributed by atoms with Crippen LogP contribution >= 0.6 is 11.3 Å². The molecule has 0 aliphatic carbocycles. The lowest BCUT2D eigenvalue weighted by atomic mass is 10.0. The van der Waals surface area contributed by atoms with Crippen LogP contribution in [0.2, 0.25) is 0 Å². The third kappa shape index (κ3) is 4.53. The highest BCUT2D eigenvalue weighted by Gasteiger charge is 2.10. The van der Waals surface area contributed by atoms with Crippen LogP contribution in [0.25, 0.3) is 6.08 Å². The lowest BCUT2D eigenvalue weighted by Gasteiger charge is -2.13. The van der Waals surface area contributed by atoms with Crippen LogP contribution in [0.4, 0.5) is 0 Å². The average molecular weight is 317 g/mol. The quantitative estimate of drug-likeness (QED) is 0.717. The third-order valence-corrected chi connectivity index (χ3v) is 4.22. The summed E-state index contributed by atoms with van der Waals surface area (Å²) in [5.74, 6) is -0.258. The molecule has 5 heteroatoms. The first-order valence-electron chi connectivity index (χ1n) is 6.98. The Morgan fingerprint density at radius 2 is 2.18 bits per heavy atom. The van der Waals surface area contributed by atoms with Crippen molar-refractivity contribution in [2.24, 2.45) is 0 Å². The molecule has 22 heavy (non-hydrogen) atoms. The van der Waals surface area contributed by atoms with Crippen molar-refractivity contribution < 1.29 is 15.0 Å². The Labute approximate surface area is 133 Å². The molecule has 1 heterocycles. The van der Waals surface area contributed by atoms with Crippen LogP contribution < -0.4 is 5.32 Å². The molecule has 0 spiro atoms. The Bertz CT molecular complexity index is 663. The van der Waals surface area contributed by atoms with Gasteiger partial charge in [0, 0.05) is 17.5 Å². The van der Waals surface area contributed by atoms with E-state index in [2.05, 4.69) is 5.32 Å². The van der Waals surface area contributed by atoms with Crippen LogP contribution in [-0.2, 0) is 11.4 Å². The summed E-state index contributed by atoms with van der Waals surface area (Å²) in [6.45, 7) is 2.09. The van der Waals surface area contributed by atoms with E-state index in [4.69, 9.17) is 5.11 Å². The van der Waals surface area contributed by atoms with Crippen LogP contribution in [0.15, 0.2) is 41.8 Å². The van der Waals surface area contributed by atoms with E-state index in [1.807, 2.05) is 42.6 Å². The zero-order valence-corrected chi connectivity index (χ0v) is 13.1. The van der Waals surface area contributed by atoms with Gasteiger partial charge in [-0.05, 0) is 41.1 Å². The molecule has 3 N–H and O–H groups in total. The summed E-state index contributed by atoms with van der Waals surface area (Å²) in [6.07, 6.45) is 2.40. The normalized spacial score (nSPS) is 12.5. The largest absolute Gasteiger partial charge is 0.392 e. The van der Waals surface area contributed by atoms with Crippen LogP contribution in [0.3, 0.4) is 0 Å². The Kier molecular flexibility index (Phi) is 5.89. The first-order valence-corrected chi connectivity index (χ1v) is 7.86. The first-order chi connectivity index (χ1) is 10.6. The SMILES string of the molecule is Cc1ccccc1C(O)CNC(=O)C=Cc1cc(CO)cs1. The van der Waals surface area contributed by atoms with E-state index in [0.717, 1.165) is 21.6 Å². The summed E-state index contributed by atoms with van der Waals surface area (Å²) in [5, 5.41) is 23.6. The van der Waals surface area contributed by atoms with Crippen molar-refractivity contribution >= 4 is 23.3 Å². The number of nitrogens with one attached hydrogen (secondary N) is 1. The van der Waals surface area contributed by atoms with Crippen molar-refractivity contribution in [3.63, 3.8) is 0 Å². The molecule has 0 aliphatic heterocycles. The number of hydrogen-bond acceptors (Lipinski definition) is 4. The van der Waals surface area contributed by atoms with Gasteiger partial charge in [-0.15, -0.1) is 11.3 Å². The van der Waals surface area contributed by atoms with E-state index in [-0.39, 0.29) is 19.1 Å². The maximum Gasteiger partial charge on any atom is 0.244 e. The number of aliphatic hydroxyl groups is 2. The van der Waals surface area contributed by atoms with Gasteiger partial charge in [0.2, 0.25) is 5.91 Å². The summed E-state index contributed by atoms with van der Waals surface area (Å²) in [4.78, 5) is 12.7. The number of thiophene rings is 1. The predicted molar refractivity (Wildman–Crippen MR) is 88.4 cm³/mol. The van der Waals surface area contributed by atoms with Crippen molar-refractivity contribution in [3.8, 4) is 0 Å². The van der Waals surface area contributed by atoms with Crippen LogP contribution in [0.1, 0.15) is 27.7 Å². The number of benzene rings is 1. The van der Waals surface area contributed by atoms with E-state index >= 15 is 0 Å². The molecule has 116 valence electrons. The van der Waals surface area contributed by atoms with Crippen molar-refractivity contribution in [1.82, 2.24) is 5.32 Å². The third-order valence-electron chi connectivity index (χ3n) is 3.27. The fourth-order valence-electron chi connectivity index (χ4n) is 2.05. The molecule has 1 unspecified atom stereocenters. The molecule has 1 aromatic heterocycles. The zero-order chi connectivity index (χ0) is 15.9. The van der Waals surface area contributed by atoms with Gasteiger partial charge >= 0.3 is 0 Å². The highest BCUT2D eigenvalue weighted by Crippen LogP contribution is 2.17. The van der Waals surface area contributed by atoms with Crippen LogP contribution in [-0.4, -0.2) is 22.7 Å². The topological polar surface area (TPSA) is 69.6 Å². The Hall–Kier alpha value is -1.95. The first kappa shape index (κ1) is 16.4. The number of amides is 1. The van der Waals surface area contributed by atoms with Gasteiger partial charge in [0.25, 0.3) is 0 Å². The second-order valence-corrected chi connectivity index (χ2v) is 5.91. The second kappa shape index (κ2) is 7.89. The summed E-state index contributed by atoms with van der Waals surface area (Å²) in [6, 6.07) is 9.38. The van der Waals surface area contributed by atoms with Gasteiger partial charge in [0.15, 0.2) is 0 Å². The van der Waals surface area contributed by atoms with Gasteiger partial charge in [-0.3, -0.25) is 4.79 Å². The predicted octanol–water partition coefficient (Wildman–Crippen LogP) is 2.41. The van der Waals surface area contributed by atoms with Crippen molar-refractivity contribution in [3.05, 3.63) is 63.4 Å². The lowest BCUT2D eigenvalue weighted by molar-refractivity contribution is -0.116. The molecular weight excluding hydrogens is 298 g/mol. The summed E-state index contributed by atoms with van der Waals surface area (Å²) >= 11 is 1.46. The van der Waals surface area contributed by atoms with E-state index in [0.29, 0.717) is 0 Å². The Morgan fingerprint density at radius 3 is 2.86 bits per heavy atom. The smallest absolute Gasteiger partial charge is 0.244 e. The molecule has 0 fully saturated rings. The van der Waals surface area contributed by atoms with E-state index < -0.39 is 6.10 Å². The van der Waals surface area contributed by atoms with Gasteiger partial charge in [0.1, 0.15) is 0 Å². The van der Waals surface area contributed by atoms with Gasteiger partial charge < -0.3 is 15.5 Å². The maximum absolute atomic E-state index is 11.8. The van der Waals surface area contributed by atoms with E-state index in [1.54, 1.807) is 6.08 Å². The molecule has 0 bridgehead atoms. The minimum absolute atomic E-state index is 0.000838. The molecule has 0 aliphatic rings. The molecule has 0 saturated heterocycles. The molecule has 1 aromatic carbocycles. The lowest BCUT2D eigenvalue weighted by Crippen LogP contribution is -2.26. The molecule has 2 rings (SSSR count). The number of aryl methyl sites for hydroxylation is 1. The van der Waals surface area contributed by atoms with Crippen molar-refractivity contribution in [2.45, 2.75) is 19.6 Å². The number of aliphatic hydroxyl groups excluding tert-OH is 2. The van der Waals surface area contributed by atoms with E-state index in [1.165, 1.54) is 17.4 Å². The molecule has 2 aromatic rings. The van der Waals surface area contributed by atoms with Gasteiger partial charge in [-0.25, -0.2) is 0 Å². The van der Waals surface area contributed by atoms with Gasteiger partial charge in [0.05, 0.1) is 12.7 Å². The minimum atomic E-state index is -0.721. The average Bonchev–Trinajstić information content (AvgIpc) is 2.99. The summed E-state index contributed by atoms with van der Waals surface area (Å²) in [7, 11) is 0. The van der Waals surface area contributed by atoms with Crippen LogP contribution in [0, 0.1) is 6.92 Å². The van der Waals surface area contributed by atoms with Crippen molar-refractivity contribution in [2.75, 3.05) is 6.54 Å². The Balaban J connectivity index is 1.86. The number of rotatable bonds is 6. The number of hydrogen-bond donors (Lipinski definition) is 3. The highest BCUT2D eigenvalue weighted by atomic mass is 32.1. The number of carbonyl (C=O) groups is 1. The second-order valence-electron chi connectivity index (χ2n) is 4.97. The molecule has 4 nitrogen and oxygen atoms in total. The Morgan fingerprint density at radius 1 is 1.41 bits per heavy atom. The zero-order valence-electron chi connectivity index (χ0n) is 12.3. The van der Waals surface area contributed by atoms with Crippen LogP contribution in [0.5, 0.6) is 0 Å². The molecule has 0 radical (unpaired) electrons. The molecule has 1 atom stereocenters. The molecular formula is C17H19NO3S. The fraction of sp³-hybridized carbons (Fsp3) is 0.235. The van der Waals surface area contributed by atoms with Gasteiger partial charge in [-0.1, -0.05) is 24.3 Å². The maximum atomic E-state index is 11.8. The highest BCUT2D eigenvalue weighted by molar-refractivity contribution is 7.11. The van der Waals surface area contributed by atoms with E-state index in [9.17, 15) is 9.90 Å². The number of carbonyl (C=O) groups excluding carboxylic acids is 1. The molecule has 1 amide bonds. The monoisotopic (exact) mass is 317 g/mol. The molecule has 0 saturated carbocycles. The van der Waals surface area contributed by atoms with Gasteiger partial charge in [-0.2, -0.15) is 0 Å². The summed E-state index contributed by atoms with van der Waals surface area (Å²) in [5.41, 5.74) is 2.65. The van der Waals surface area contributed by atoms with Crippen molar-refractivity contribution in [1.29, 1.82) is 0 Å². The summed E-state index contributed by atoms with van der Waals surface area (Å²) < 4.78 is 0. The minimum Gasteiger partial charge on any atom is -0.392 e. The standard InChI is InChI=1S/C17H19NO3S/c1-12-4-2-3-5-15(12)16(20)9-18-17(21)7-6-14-8-13(10-19)11-22-14/h2-8,11,16,19-20H,9-10H2,1H3,(H,18,21). The fourth-order valence-corrected chi connectivity index (χ4v) is 2.85.